The van der Waals surface area contributed by atoms with Crippen molar-refractivity contribution in [2.75, 3.05) is 20.2 Å². The topological polar surface area (TPSA) is 110 Å². The highest BCUT2D eigenvalue weighted by molar-refractivity contribution is 7.89. The summed E-state index contributed by atoms with van der Waals surface area (Å²) in [4.78, 5) is 11.9. The SMILES string of the molecule is COC(=O)c1ccc(S(=O)(=O)NCc2ccc(S(=O)(=O)N3CCCCC3)cc2)c(C)c1. The third kappa shape index (κ3) is 5.32. The van der Waals surface area contributed by atoms with E-state index in [9.17, 15) is 21.6 Å². The second-order valence-electron chi connectivity index (χ2n) is 7.41. The molecule has 1 aliphatic heterocycles. The molecule has 3 rings (SSSR count). The van der Waals surface area contributed by atoms with Gasteiger partial charge in [-0.2, -0.15) is 4.31 Å². The van der Waals surface area contributed by atoms with E-state index in [1.807, 2.05) is 0 Å². The third-order valence-electron chi connectivity index (χ3n) is 5.23. The first-order chi connectivity index (χ1) is 14.6. The average molecular weight is 467 g/mol. The predicted molar refractivity (Wildman–Crippen MR) is 116 cm³/mol. The Hall–Kier alpha value is -2.27. The number of carbonyl (C=O) groups excluding carboxylic acids is 1. The lowest BCUT2D eigenvalue weighted by Crippen LogP contribution is -2.35. The van der Waals surface area contributed by atoms with E-state index < -0.39 is 26.0 Å². The van der Waals surface area contributed by atoms with Gasteiger partial charge in [0.05, 0.1) is 22.5 Å². The van der Waals surface area contributed by atoms with E-state index in [4.69, 9.17) is 0 Å². The van der Waals surface area contributed by atoms with Gasteiger partial charge in [-0.25, -0.2) is 26.4 Å². The van der Waals surface area contributed by atoms with Gasteiger partial charge in [-0.3, -0.25) is 0 Å². The summed E-state index contributed by atoms with van der Waals surface area (Å²) in [7, 11) is -6.09. The molecule has 0 atom stereocenters. The van der Waals surface area contributed by atoms with Gasteiger partial charge in [-0.1, -0.05) is 18.6 Å². The van der Waals surface area contributed by atoms with Gasteiger partial charge in [-0.05, 0) is 61.2 Å². The number of hydrogen-bond donors (Lipinski definition) is 1. The lowest BCUT2D eigenvalue weighted by atomic mass is 10.1. The van der Waals surface area contributed by atoms with Crippen LogP contribution in [0.5, 0.6) is 0 Å². The maximum atomic E-state index is 12.7. The van der Waals surface area contributed by atoms with Gasteiger partial charge in [0.2, 0.25) is 20.0 Å². The van der Waals surface area contributed by atoms with Crippen molar-refractivity contribution in [1.29, 1.82) is 0 Å². The summed E-state index contributed by atoms with van der Waals surface area (Å²) in [5.41, 5.74) is 1.31. The second kappa shape index (κ2) is 9.47. The highest BCUT2D eigenvalue weighted by Crippen LogP contribution is 2.21. The first kappa shape index (κ1) is 23.4. The number of esters is 1. The van der Waals surface area contributed by atoms with Crippen molar-refractivity contribution >= 4 is 26.0 Å². The van der Waals surface area contributed by atoms with Crippen LogP contribution in [0.2, 0.25) is 0 Å². The first-order valence-electron chi connectivity index (χ1n) is 9.93. The molecule has 1 N–H and O–H groups in total. The first-order valence-corrected chi connectivity index (χ1v) is 12.9. The smallest absolute Gasteiger partial charge is 0.337 e. The zero-order valence-electron chi connectivity index (χ0n) is 17.5. The van der Waals surface area contributed by atoms with Crippen molar-refractivity contribution in [1.82, 2.24) is 9.03 Å². The van der Waals surface area contributed by atoms with Gasteiger partial charge in [-0.15, -0.1) is 0 Å². The zero-order valence-corrected chi connectivity index (χ0v) is 19.1. The van der Waals surface area contributed by atoms with E-state index in [2.05, 4.69) is 9.46 Å². The van der Waals surface area contributed by atoms with Crippen LogP contribution in [0.25, 0.3) is 0 Å². The number of hydrogen-bond acceptors (Lipinski definition) is 6. The number of aryl methyl sites for hydroxylation is 1. The molecule has 0 amide bonds. The van der Waals surface area contributed by atoms with Crippen LogP contribution in [0.3, 0.4) is 0 Å². The van der Waals surface area contributed by atoms with Gasteiger partial charge >= 0.3 is 5.97 Å². The predicted octanol–water partition coefficient (Wildman–Crippen LogP) is 2.43. The fourth-order valence-electron chi connectivity index (χ4n) is 3.49. The molecule has 10 heteroatoms. The van der Waals surface area contributed by atoms with E-state index in [1.54, 1.807) is 19.1 Å². The number of methoxy groups -OCH3 is 1. The van der Waals surface area contributed by atoms with Crippen molar-refractivity contribution in [2.24, 2.45) is 0 Å². The Morgan fingerprint density at radius 1 is 1.00 bits per heavy atom. The van der Waals surface area contributed by atoms with E-state index in [0.29, 0.717) is 24.2 Å². The van der Waals surface area contributed by atoms with Crippen LogP contribution in [0.15, 0.2) is 52.3 Å². The Balaban J connectivity index is 1.70. The third-order valence-corrected chi connectivity index (χ3v) is 8.70. The summed E-state index contributed by atoms with van der Waals surface area (Å²) in [6.45, 7) is 2.65. The minimum atomic E-state index is -3.82. The molecule has 2 aromatic rings. The highest BCUT2D eigenvalue weighted by Gasteiger charge is 2.25. The number of benzene rings is 2. The molecule has 31 heavy (non-hydrogen) atoms. The van der Waals surface area contributed by atoms with Crippen LogP contribution in [0.1, 0.15) is 40.7 Å². The largest absolute Gasteiger partial charge is 0.465 e. The van der Waals surface area contributed by atoms with E-state index >= 15 is 0 Å². The summed E-state index contributed by atoms with van der Waals surface area (Å²) in [6.07, 6.45) is 2.76. The zero-order chi connectivity index (χ0) is 22.6. The Morgan fingerprint density at radius 3 is 2.23 bits per heavy atom. The lowest BCUT2D eigenvalue weighted by molar-refractivity contribution is 0.0600. The van der Waals surface area contributed by atoms with Crippen molar-refractivity contribution in [3.8, 4) is 0 Å². The van der Waals surface area contributed by atoms with Crippen LogP contribution in [-0.4, -0.2) is 47.3 Å². The molecule has 0 aliphatic carbocycles. The van der Waals surface area contributed by atoms with Crippen molar-refractivity contribution in [3.63, 3.8) is 0 Å². The van der Waals surface area contributed by atoms with Crippen LogP contribution in [0, 0.1) is 6.92 Å². The van der Waals surface area contributed by atoms with Crippen molar-refractivity contribution < 1.29 is 26.4 Å². The lowest BCUT2D eigenvalue weighted by Gasteiger charge is -2.25. The molecule has 0 saturated carbocycles. The van der Waals surface area contributed by atoms with E-state index in [-0.39, 0.29) is 21.9 Å². The highest BCUT2D eigenvalue weighted by atomic mass is 32.2. The Bertz CT molecular complexity index is 1150. The van der Waals surface area contributed by atoms with Crippen LogP contribution in [0.4, 0.5) is 0 Å². The maximum absolute atomic E-state index is 12.7. The van der Waals surface area contributed by atoms with Crippen molar-refractivity contribution in [3.05, 3.63) is 59.2 Å². The van der Waals surface area contributed by atoms with Gasteiger partial charge < -0.3 is 4.74 Å². The number of nitrogens with one attached hydrogen (secondary N) is 1. The van der Waals surface area contributed by atoms with Crippen LogP contribution in [-0.2, 0) is 31.3 Å². The number of ether oxygens (including phenoxy) is 1. The molecule has 2 aromatic carbocycles. The molecular weight excluding hydrogens is 440 g/mol. The molecule has 0 unspecified atom stereocenters. The quantitative estimate of drug-likeness (QED) is 0.628. The molecule has 1 aliphatic rings. The molecule has 1 fully saturated rings. The number of carbonyl (C=O) groups is 1. The molecule has 0 aromatic heterocycles. The van der Waals surface area contributed by atoms with Gasteiger partial charge in [0, 0.05) is 19.6 Å². The fourth-order valence-corrected chi connectivity index (χ4v) is 6.24. The standard InChI is InChI=1S/C21H26N2O6S2/c1-16-14-18(21(24)29-2)8-11-20(16)30(25,26)22-15-17-6-9-19(10-7-17)31(27,28)23-12-4-3-5-13-23/h6-11,14,22H,3-5,12-13,15H2,1-2H3. The molecule has 8 nitrogen and oxygen atoms in total. The van der Waals surface area contributed by atoms with E-state index in [1.165, 1.54) is 41.7 Å². The second-order valence-corrected chi connectivity index (χ2v) is 11.1. The Morgan fingerprint density at radius 2 is 1.65 bits per heavy atom. The van der Waals surface area contributed by atoms with Gasteiger partial charge in [0.15, 0.2) is 0 Å². The molecule has 0 radical (unpaired) electrons. The van der Waals surface area contributed by atoms with Crippen molar-refractivity contribution in [2.45, 2.75) is 42.5 Å². The molecule has 0 bridgehead atoms. The Kier molecular flexibility index (Phi) is 7.15. The molecular formula is C21H26N2O6S2. The Labute approximate surface area is 183 Å². The summed E-state index contributed by atoms with van der Waals surface area (Å²) in [5, 5.41) is 0. The summed E-state index contributed by atoms with van der Waals surface area (Å²) < 4.78 is 59.4. The summed E-state index contributed by atoms with van der Waals surface area (Å²) in [6, 6.07) is 10.4. The molecule has 0 spiro atoms. The summed E-state index contributed by atoms with van der Waals surface area (Å²) >= 11 is 0. The van der Waals surface area contributed by atoms with Gasteiger partial charge in [0.1, 0.15) is 0 Å². The molecule has 168 valence electrons. The number of nitrogens with zero attached hydrogens (tertiary/aromatic N) is 1. The van der Waals surface area contributed by atoms with E-state index in [0.717, 1.165) is 19.3 Å². The normalized spacial score (nSPS) is 15.5. The number of rotatable bonds is 7. The maximum Gasteiger partial charge on any atom is 0.337 e. The number of piperidine rings is 1. The fraction of sp³-hybridized carbons (Fsp3) is 0.381. The van der Waals surface area contributed by atoms with Crippen LogP contribution < -0.4 is 4.72 Å². The minimum Gasteiger partial charge on any atom is -0.465 e. The molecule has 1 heterocycles. The average Bonchev–Trinajstić information content (AvgIpc) is 2.77. The number of sulfonamides is 2. The minimum absolute atomic E-state index is 0.00453. The monoisotopic (exact) mass is 466 g/mol. The van der Waals surface area contributed by atoms with Gasteiger partial charge in [0.25, 0.3) is 0 Å². The molecule has 1 saturated heterocycles. The summed E-state index contributed by atoms with van der Waals surface area (Å²) in [5.74, 6) is -0.542. The van der Waals surface area contributed by atoms with Crippen LogP contribution >= 0.6 is 0 Å².